The molecule has 1 atom stereocenters. The van der Waals surface area contributed by atoms with Crippen LogP contribution in [-0.4, -0.2) is 24.5 Å². The van der Waals surface area contributed by atoms with E-state index in [-0.39, 0.29) is 6.04 Å². The number of nitriles is 1. The Morgan fingerprint density at radius 2 is 2.07 bits per heavy atom. The third kappa shape index (κ3) is 2.01. The molecule has 0 amide bonds. The Balaban J connectivity index is 2.04. The molecule has 0 radical (unpaired) electrons. The third-order valence-corrected chi connectivity index (χ3v) is 2.92. The van der Waals surface area contributed by atoms with Crippen LogP contribution in [0.4, 0.5) is 0 Å². The molecule has 2 rings (SSSR count). The fourth-order valence-electron chi connectivity index (χ4n) is 1.97. The number of benzene rings is 1. The van der Waals surface area contributed by atoms with Crippen LogP contribution in [0, 0.1) is 17.2 Å². The van der Waals surface area contributed by atoms with E-state index in [1.54, 1.807) is 0 Å². The average Bonchev–Trinajstić information content (AvgIpc) is 2.24. The van der Waals surface area contributed by atoms with Gasteiger partial charge >= 0.3 is 0 Å². The van der Waals surface area contributed by atoms with E-state index in [2.05, 4.69) is 11.0 Å². The van der Waals surface area contributed by atoms with Crippen LogP contribution in [0.15, 0.2) is 30.3 Å². The molecule has 1 unspecified atom stereocenters. The summed E-state index contributed by atoms with van der Waals surface area (Å²) in [5, 5.41) is 9.15. The van der Waals surface area contributed by atoms with Crippen LogP contribution in [-0.2, 0) is 0 Å². The standard InChI is InChI=1S/C12H15N3/c13-6-10-8-15(9-10)12(7-14)11-4-2-1-3-5-11/h1-5,10,12H,6,8-9,13H2. The van der Waals surface area contributed by atoms with Crippen LogP contribution < -0.4 is 5.73 Å². The molecule has 0 bridgehead atoms. The van der Waals surface area contributed by atoms with E-state index in [1.807, 2.05) is 30.3 Å². The predicted octanol–water partition coefficient (Wildman–Crippen LogP) is 1.14. The average molecular weight is 201 g/mol. The first kappa shape index (κ1) is 10.2. The van der Waals surface area contributed by atoms with Gasteiger partial charge in [-0.05, 0) is 18.0 Å². The molecule has 0 aliphatic carbocycles. The molecule has 0 spiro atoms. The van der Waals surface area contributed by atoms with E-state index in [0.29, 0.717) is 5.92 Å². The first-order valence-corrected chi connectivity index (χ1v) is 5.24. The number of hydrogen-bond donors (Lipinski definition) is 1. The molecule has 1 aromatic carbocycles. The second-order valence-electron chi connectivity index (χ2n) is 4.00. The molecule has 1 fully saturated rings. The van der Waals surface area contributed by atoms with Crippen molar-refractivity contribution in [2.24, 2.45) is 11.7 Å². The van der Waals surface area contributed by atoms with Crippen LogP contribution in [0.25, 0.3) is 0 Å². The van der Waals surface area contributed by atoms with Crippen molar-refractivity contribution >= 4 is 0 Å². The first-order chi connectivity index (χ1) is 7.35. The number of rotatable bonds is 3. The molecule has 0 aromatic heterocycles. The summed E-state index contributed by atoms with van der Waals surface area (Å²) in [7, 11) is 0. The lowest BCUT2D eigenvalue weighted by Crippen LogP contribution is -2.50. The van der Waals surface area contributed by atoms with Crippen molar-refractivity contribution in [3.63, 3.8) is 0 Å². The van der Waals surface area contributed by atoms with Gasteiger partial charge < -0.3 is 5.73 Å². The normalized spacial score (nSPS) is 19.2. The molecule has 2 N–H and O–H groups in total. The molecule has 3 nitrogen and oxygen atoms in total. The molecule has 3 heteroatoms. The Kier molecular flexibility index (Phi) is 3.00. The Hall–Kier alpha value is -1.37. The number of nitrogens with two attached hydrogens (primary N) is 1. The SMILES string of the molecule is N#CC(c1ccccc1)N1CC(CN)C1. The zero-order valence-corrected chi connectivity index (χ0v) is 8.63. The second-order valence-corrected chi connectivity index (χ2v) is 4.00. The van der Waals surface area contributed by atoms with Crippen molar-refractivity contribution < 1.29 is 0 Å². The van der Waals surface area contributed by atoms with Crippen molar-refractivity contribution in [1.29, 1.82) is 5.26 Å². The minimum Gasteiger partial charge on any atom is -0.330 e. The van der Waals surface area contributed by atoms with Gasteiger partial charge in [-0.1, -0.05) is 30.3 Å². The highest BCUT2D eigenvalue weighted by Gasteiger charge is 2.31. The van der Waals surface area contributed by atoms with E-state index >= 15 is 0 Å². The highest BCUT2D eigenvalue weighted by Crippen LogP contribution is 2.27. The number of nitrogens with zero attached hydrogens (tertiary/aromatic N) is 2. The predicted molar refractivity (Wildman–Crippen MR) is 58.9 cm³/mol. The smallest absolute Gasteiger partial charge is 0.123 e. The lowest BCUT2D eigenvalue weighted by atomic mass is 9.95. The van der Waals surface area contributed by atoms with Gasteiger partial charge in [0, 0.05) is 13.1 Å². The molecule has 0 saturated carbocycles. The van der Waals surface area contributed by atoms with Gasteiger partial charge in [-0.15, -0.1) is 0 Å². The minimum atomic E-state index is -0.103. The summed E-state index contributed by atoms with van der Waals surface area (Å²) in [6, 6.07) is 12.2. The van der Waals surface area contributed by atoms with Crippen LogP contribution in [0.5, 0.6) is 0 Å². The van der Waals surface area contributed by atoms with Crippen molar-refractivity contribution in [2.45, 2.75) is 6.04 Å². The summed E-state index contributed by atoms with van der Waals surface area (Å²) < 4.78 is 0. The molecule has 1 heterocycles. The van der Waals surface area contributed by atoms with E-state index in [4.69, 9.17) is 11.0 Å². The quantitative estimate of drug-likeness (QED) is 0.798. The lowest BCUT2D eigenvalue weighted by Gasteiger charge is -2.41. The van der Waals surface area contributed by atoms with Crippen LogP contribution in [0.2, 0.25) is 0 Å². The summed E-state index contributed by atoms with van der Waals surface area (Å²) in [6.45, 7) is 2.62. The maximum absolute atomic E-state index is 9.15. The largest absolute Gasteiger partial charge is 0.330 e. The van der Waals surface area contributed by atoms with Gasteiger partial charge in [-0.3, -0.25) is 4.90 Å². The fraction of sp³-hybridized carbons (Fsp3) is 0.417. The van der Waals surface area contributed by atoms with Gasteiger partial charge in [0.2, 0.25) is 0 Å². The zero-order chi connectivity index (χ0) is 10.7. The van der Waals surface area contributed by atoms with E-state index in [1.165, 1.54) is 0 Å². The first-order valence-electron chi connectivity index (χ1n) is 5.24. The van der Waals surface area contributed by atoms with Crippen LogP contribution in [0.1, 0.15) is 11.6 Å². The molecule has 78 valence electrons. The monoisotopic (exact) mass is 201 g/mol. The third-order valence-electron chi connectivity index (χ3n) is 2.92. The van der Waals surface area contributed by atoms with Crippen molar-refractivity contribution in [3.8, 4) is 6.07 Å². The van der Waals surface area contributed by atoms with Gasteiger partial charge in [0.1, 0.15) is 6.04 Å². The maximum Gasteiger partial charge on any atom is 0.123 e. The van der Waals surface area contributed by atoms with Crippen molar-refractivity contribution in [3.05, 3.63) is 35.9 Å². The molecular weight excluding hydrogens is 186 g/mol. The minimum absolute atomic E-state index is 0.103. The Bertz CT molecular complexity index is 349. The highest BCUT2D eigenvalue weighted by atomic mass is 15.2. The summed E-state index contributed by atoms with van der Waals surface area (Å²) in [6.07, 6.45) is 0. The Labute approximate surface area is 90.1 Å². The Morgan fingerprint density at radius 1 is 1.40 bits per heavy atom. The van der Waals surface area contributed by atoms with E-state index in [9.17, 15) is 0 Å². The van der Waals surface area contributed by atoms with Crippen molar-refractivity contribution in [1.82, 2.24) is 4.90 Å². The molecule has 15 heavy (non-hydrogen) atoms. The van der Waals surface area contributed by atoms with Crippen LogP contribution in [0.3, 0.4) is 0 Å². The van der Waals surface area contributed by atoms with Gasteiger partial charge in [0.25, 0.3) is 0 Å². The summed E-state index contributed by atoms with van der Waals surface area (Å²) in [5.41, 5.74) is 6.65. The summed E-state index contributed by atoms with van der Waals surface area (Å²) in [4.78, 5) is 2.17. The molecule has 1 saturated heterocycles. The lowest BCUT2D eigenvalue weighted by molar-refractivity contribution is 0.0799. The fourth-order valence-corrected chi connectivity index (χ4v) is 1.97. The number of likely N-dealkylation sites (tertiary alicyclic amines) is 1. The zero-order valence-electron chi connectivity index (χ0n) is 8.63. The topological polar surface area (TPSA) is 53.0 Å². The van der Waals surface area contributed by atoms with Crippen LogP contribution >= 0.6 is 0 Å². The molecular formula is C12H15N3. The van der Waals surface area contributed by atoms with E-state index < -0.39 is 0 Å². The maximum atomic E-state index is 9.15. The van der Waals surface area contributed by atoms with Gasteiger partial charge in [0.15, 0.2) is 0 Å². The van der Waals surface area contributed by atoms with E-state index in [0.717, 1.165) is 25.2 Å². The summed E-state index contributed by atoms with van der Waals surface area (Å²) >= 11 is 0. The summed E-state index contributed by atoms with van der Waals surface area (Å²) in [5.74, 6) is 0.574. The number of hydrogen-bond acceptors (Lipinski definition) is 3. The van der Waals surface area contributed by atoms with Gasteiger partial charge in [0.05, 0.1) is 6.07 Å². The Morgan fingerprint density at radius 3 is 2.60 bits per heavy atom. The van der Waals surface area contributed by atoms with Gasteiger partial charge in [-0.2, -0.15) is 5.26 Å². The molecule has 1 aliphatic rings. The molecule has 1 aliphatic heterocycles. The molecule has 1 aromatic rings. The second kappa shape index (κ2) is 4.43. The van der Waals surface area contributed by atoms with Crippen molar-refractivity contribution in [2.75, 3.05) is 19.6 Å². The highest BCUT2D eigenvalue weighted by molar-refractivity contribution is 5.24. The van der Waals surface area contributed by atoms with Gasteiger partial charge in [-0.25, -0.2) is 0 Å².